The second-order valence-electron chi connectivity index (χ2n) is 8.79. The van der Waals surface area contributed by atoms with E-state index < -0.39 is 11.4 Å². The van der Waals surface area contributed by atoms with Gasteiger partial charge >= 0.3 is 5.97 Å². The molecule has 1 aromatic rings. The highest BCUT2D eigenvalue weighted by molar-refractivity contribution is 5.83. The first-order valence-corrected chi connectivity index (χ1v) is 10.0. The highest BCUT2D eigenvalue weighted by Crippen LogP contribution is 2.44. The summed E-state index contributed by atoms with van der Waals surface area (Å²) >= 11 is 0. The van der Waals surface area contributed by atoms with Crippen molar-refractivity contribution in [1.29, 1.82) is 0 Å². The third-order valence-corrected chi connectivity index (χ3v) is 7.20. The van der Waals surface area contributed by atoms with Crippen molar-refractivity contribution in [2.45, 2.75) is 46.1 Å². The quantitative estimate of drug-likeness (QED) is 0.866. The molecule has 27 heavy (non-hydrogen) atoms. The molecule has 0 aromatic carbocycles. The number of hydrogen-bond donors (Lipinski definition) is 1. The Morgan fingerprint density at radius 3 is 2.44 bits per heavy atom. The monoisotopic (exact) mass is 374 g/mol. The lowest BCUT2D eigenvalue weighted by molar-refractivity contribution is -0.149. The Bertz CT molecular complexity index is 768. The highest BCUT2D eigenvalue weighted by Gasteiger charge is 2.58. The molecule has 0 bridgehead atoms. The predicted molar refractivity (Wildman–Crippen MR) is 100 cm³/mol. The van der Waals surface area contributed by atoms with Crippen LogP contribution in [0.1, 0.15) is 42.9 Å². The smallest absolute Gasteiger partial charge is 0.313 e. The fourth-order valence-electron chi connectivity index (χ4n) is 5.32. The van der Waals surface area contributed by atoms with Crippen molar-refractivity contribution in [3.05, 3.63) is 17.2 Å². The van der Waals surface area contributed by atoms with Crippen LogP contribution in [0.3, 0.4) is 0 Å². The van der Waals surface area contributed by atoms with Gasteiger partial charge < -0.3 is 14.6 Å². The molecule has 1 aliphatic carbocycles. The number of hydrogen-bond acceptors (Lipinski definition) is 4. The van der Waals surface area contributed by atoms with Crippen molar-refractivity contribution in [3.8, 4) is 0 Å². The third-order valence-electron chi connectivity index (χ3n) is 7.20. The van der Waals surface area contributed by atoms with Crippen LogP contribution in [0, 0.1) is 31.1 Å². The van der Waals surface area contributed by atoms with E-state index >= 15 is 0 Å². The molecule has 7 nitrogen and oxygen atoms in total. The van der Waals surface area contributed by atoms with Gasteiger partial charge in [0.05, 0.1) is 12.2 Å². The average molecular weight is 374 g/mol. The summed E-state index contributed by atoms with van der Waals surface area (Å²) in [7, 11) is 2.01. The normalized spacial score (nSPS) is 28.9. The van der Waals surface area contributed by atoms with Crippen molar-refractivity contribution >= 4 is 11.9 Å². The van der Waals surface area contributed by atoms with Crippen LogP contribution in [0.15, 0.2) is 0 Å². The molecular formula is C20H30N4O3. The van der Waals surface area contributed by atoms with Crippen molar-refractivity contribution in [3.63, 3.8) is 0 Å². The van der Waals surface area contributed by atoms with E-state index in [1.165, 1.54) is 0 Å². The third kappa shape index (κ3) is 2.96. The van der Waals surface area contributed by atoms with Gasteiger partial charge in [0.15, 0.2) is 0 Å². The summed E-state index contributed by atoms with van der Waals surface area (Å²) < 4.78 is 2.09. The molecule has 2 saturated heterocycles. The van der Waals surface area contributed by atoms with Gasteiger partial charge in [-0.05, 0) is 26.7 Å². The second-order valence-corrected chi connectivity index (χ2v) is 8.79. The van der Waals surface area contributed by atoms with Crippen LogP contribution >= 0.6 is 0 Å². The largest absolute Gasteiger partial charge is 0.481 e. The Balaban J connectivity index is 1.48. The van der Waals surface area contributed by atoms with Crippen molar-refractivity contribution in [2.24, 2.45) is 24.3 Å². The summed E-state index contributed by atoms with van der Waals surface area (Å²) in [4.78, 5) is 33.7. The Kier molecular flexibility index (Phi) is 4.53. The van der Waals surface area contributed by atoms with Crippen molar-refractivity contribution < 1.29 is 14.7 Å². The van der Waals surface area contributed by atoms with E-state index in [0.29, 0.717) is 32.7 Å². The maximum atomic E-state index is 12.8. The number of rotatable bonds is 4. The van der Waals surface area contributed by atoms with Gasteiger partial charge in [-0.2, -0.15) is 0 Å². The first-order chi connectivity index (χ1) is 12.8. The van der Waals surface area contributed by atoms with Crippen molar-refractivity contribution in [2.75, 3.05) is 26.2 Å². The van der Waals surface area contributed by atoms with Gasteiger partial charge in [-0.15, -0.1) is 0 Å². The molecule has 3 heterocycles. The number of carboxylic acid groups (broad SMARTS) is 1. The molecule has 0 spiro atoms. The lowest BCUT2D eigenvalue weighted by atomic mass is 9.81. The Labute approximate surface area is 160 Å². The molecule has 3 aliphatic rings. The van der Waals surface area contributed by atoms with Crippen LogP contribution in [0.2, 0.25) is 0 Å². The molecule has 148 valence electrons. The van der Waals surface area contributed by atoms with Crippen LogP contribution in [0.5, 0.6) is 0 Å². The van der Waals surface area contributed by atoms with Crippen LogP contribution in [-0.4, -0.2) is 62.5 Å². The van der Waals surface area contributed by atoms with Crippen LogP contribution in [0.4, 0.5) is 0 Å². The SMILES string of the molecule is Cc1nc(CN2C[C@H]3CN(C(=O)C4CCCC4)C[C@@]3(C(=O)O)C2)n(C)c1C. The number of carbonyl (C=O) groups excluding carboxylic acids is 1. The van der Waals surface area contributed by atoms with E-state index in [-0.39, 0.29) is 17.7 Å². The first-order valence-electron chi connectivity index (χ1n) is 10.0. The lowest BCUT2D eigenvalue weighted by Crippen LogP contribution is -2.43. The summed E-state index contributed by atoms with van der Waals surface area (Å²) in [5.74, 6) is 0.518. The molecule has 1 N–H and O–H groups in total. The molecule has 1 amide bonds. The zero-order valence-corrected chi connectivity index (χ0v) is 16.6. The number of carbonyl (C=O) groups is 2. The number of nitrogens with zero attached hydrogens (tertiary/aromatic N) is 4. The number of likely N-dealkylation sites (tertiary alicyclic amines) is 2. The fourth-order valence-corrected chi connectivity index (χ4v) is 5.32. The standard InChI is InChI=1S/C20H30N4O3/c1-13-14(2)22(3)17(21-13)10-23-8-16-9-24(12-20(16,11-23)19(26)27)18(25)15-6-4-5-7-15/h15-16H,4-12H2,1-3H3,(H,26,27)/t16-,20-/m0/s1. The number of aliphatic carboxylic acids is 1. The van der Waals surface area contributed by atoms with Crippen LogP contribution < -0.4 is 0 Å². The van der Waals surface area contributed by atoms with Crippen LogP contribution in [-0.2, 0) is 23.2 Å². The van der Waals surface area contributed by atoms with E-state index in [1.807, 2.05) is 18.9 Å². The summed E-state index contributed by atoms with van der Waals surface area (Å²) in [5, 5.41) is 10.0. The zero-order valence-electron chi connectivity index (χ0n) is 16.6. The molecule has 0 radical (unpaired) electrons. The fraction of sp³-hybridized carbons (Fsp3) is 0.750. The number of carboxylic acids is 1. The number of amides is 1. The average Bonchev–Trinajstić information content (AvgIpc) is 3.36. The summed E-state index contributed by atoms with van der Waals surface area (Å²) in [5.41, 5.74) is 1.34. The molecule has 7 heteroatoms. The van der Waals surface area contributed by atoms with E-state index in [0.717, 1.165) is 42.9 Å². The summed E-state index contributed by atoms with van der Waals surface area (Å²) in [6, 6.07) is 0. The molecular weight excluding hydrogens is 344 g/mol. The van der Waals surface area contributed by atoms with Crippen molar-refractivity contribution in [1.82, 2.24) is 19.4 Å². The van der Waals surface area contributed by atoms with Gasteiger partial charge in [0.2, 0.25) is 5.91 Å². The first kappa shape index (κ1) is 18.5. The van der Waals surface area contributed by atoms with E-state index in [2.05, 4.69) is 21.4 Å². The Hall–Kier alpha value is -1.89. The van der Waals surface area contributed by atoms with Crippen LogP contribution in [0.25, 0.3) is 0 Å². The molecule has 3 fully saturated rings. The van der Waals surface area contributed by atoms with Gasteiger partial charge in [-0.3, -0.25) is 14.5 Å². The van der Waals surface area contributed by atoms with Gasteiger partial charge in [0.25, 0.3) is 0 Å². The Morgan fingerprint density at radius 2 is 1.89 bits per heavy atom. The number of fused-ring (bicyclic) bond motifs is 1. The topological polar surface area (TPSA) is 78.7 Å². The van der Waals surface area contributed by atoms with Gasteiger partial charge in [0.1, 0.15) is 11.2 Å². The minimum Gasteiger partial charge on any atom is -0.481 e. The molecule has 1 aromatic heterocycles. The number of aryl methyl sites for hydroxylation is 1. The molecule has 1 saturated carbocycles. The molecule has 0 unspecified atom stereocenters. The molecule has 4 rings (SSSR count). The maximum Gasteiger partial charge on any atom is 0.313 e. The van der Waals surface area contributed by atoms with Gasteiger partial charge in [0, 0.05) is 50.8 Å². The minimum atomic E-state index is -0.830. The second kappa shape index (κ2) is 6.62. The highest BCUT2D eigenvalue weighted by atomic mass is 16.4. The summed E-state index contributed by atoms with van der Waals surface area (Å²) in [6.45, 7) is 6.86. The van der Waals surface area contributed by atoms with E-state index in [4.69, 9.17) is 0 Å². The van der Waals surface area contributed by atoms with E-state index in [1.54, 1.807) is 0 Å². The number of imidazole rings is 1. The lowest BCUT2D eigenvalue weighted by Gasteiger charge is -2.26. The zero-order chi connectivity index (χ0) is 19.3. The number of aromatic nitrogens is 2. The molecule has 2 atom stereocenters. The maximum absolute atomic E-state index is 12.8. The van der Waals surface area contributed by atoms with E-state index in [9.17, 15) is 14.7 Å². The Morgan fingerprint density at radius 1 is 1.19 bits per heavy atom. The molecule has 2 aliphatic heterocycles. The predicted octanol–water partition coefficient (Wildman–Crippen LogP) is 1.57. The minimum absolute atomic E-state index is 0.00261. The van der Waals surface area contributed by atoms with Gasteiger partial charge in [-0.1, -0.05) is 12.8 Å². The van der Waals surface area contributed by atoms with Gasteiger partial charge in [-0.25, -0.2) is 4.98 Å². The summed E-state index contributed by atoms with van der Waals surface area (Å²) in [6.07, 6.45) is 4.16.